The molecule has 1 fully saturated rings. The SMILES string of the molecule is COCCn1nccc1C(O)C1CCCCO1. The third-order valence-corrected chi connectivity index (χ3v) is 3.13. The summed E-state index contributed by atoms with van der Waals surface area (Å²) in [6.45, 7) is 1.99. The van der Waals surface area contributed by atoms with Crippen molar-refractivity contribution in [1.29, 1.82) is 0 Å². The number of ether oxygens (including phenoxy) is 2. The fourth-order valence-corrected chi connectivity index (χ4v) is 2.16. The van der Waals surface area contributed by atoms with E-state index in [0.717, 1.165) is 31.6 Å². The smallest absolute Gasteiger partial charge is 0.122 e. The zero-order valence-electron chi connectivity index (χ0n) is 10.2. The third kappa shape index (κ3) is 3.06. The molecule has 5 heteroatoms. The Balaban J connectivity index is 2.01. The highest BCUT2D eigenvalue weighted by atomic mass is 16.5. The van der Waals surface area contributed by atoms with Crippen LogP contribution >= 0.6 is 0 Å². The second kappa shape index (κ2) is 6.14. The van der Waals surface area contributed by atoms with Crippen molar-refractivity contribution in [1.82, 2.24) is 9.78 Å². The van der Waals surface area contributed by atoms with Gasteiger partial charge in [0.1, 0.15) is 6.10 Å². The van der Waals surface area contributed by atoms with E-state index in [1.54, 1.807) is 18.0 Å². The molecule has 0 saturated carbocycles. The number of hydrogen-bond acceptors (Lipinski definition) is 4. The highest BCUT2D eigenvalue weighted by Gasteiger charge is 2.26. The summed E-state index contributed by atoms with van der Waals surface area (Å²) in [6, 6.07) is 1.85. The molecule has 0 bridgehead atoms. The number of nitrogens with zero attached hydrogens (tertiary/aromatic N) is 2. The van der Waals surface area contributed by atoms with Gasteiger partial charge in [0, 0.05) is 19.9 Å². The van der Waals surface area contributed by atoms with Gasteiger partial charge in [-0.2, -0.15) is 5.10 Å². The predicted molar refractivity (Wildman–Crippen MR) is 62.7 cm³/mol. The van der Waals surface area contributed by atoms with Gasteiger partial charge in [-0.25, -0.2) is 0 Å². The highest BCUT2D eigenvalue weighted by Crippen LogP contribution is 2.26. The lowest BCUT2D eigenvalue weighted by molar-refractivity contribution is -0.0664. The van der Waals surface area contributed by atoms with Crippen molar-refractivity contribution in [3.8, 4) is 0 Å². The standard InChI is InChI=1S/C12H20N2O3/c1-16-9-7-14-10(5-6-13-14)12(15)11-4-2-3-8-17-11/h5-6,11-12,15H,2-4,7-9H2,1H3. The molecule has 0 aliphatic carbocycles. The van der Waals surface area contributed by atoms with Gasteiger partial charge in [0.25, 0.3) is 0 Å². The van der Waals surface area contributed by atoms with Crippen molar-refractivity contribution in [2.45, 2.75) is 38.0 Å². The maximum Gasteiger partial charge on any atom is 0.122 e. The van der Waals surface area contributed by atoms with E-state index in [4.69, 9.17) is 9.47 Å². The van der Waals surface area contributed by atoms with Gasteiger partial charge in [-0.15, -0.1) is 0 Å². The molecule has 1 N–H and O–H groups in total. The number of aliphatic hydroxyl groups excluding tert-OH is 1. The van der Waals surface area contributed by atoms with Crippen molar-refractivity contribution >= 4 is 0 Å². The van der Waals surface area contributed by atoms with E-state index in [1.165, 1.54) is 0 Å². The van der Waals surface area contributed by atoms with Crippen molar-refractivity contribution < 1.29 is 14.6 Å². The Kier molecular flexibility index (Phi) is 4.53. The van der Waals surface area contributed by atoms with Gasteiger partial charge in [-0.3, -0.25) is 4.68 Å². The highest BCUT2D eigenvalue weighted by molar-refractivity contribution is 5.06. The zero-order chi connectivity index (χ0) is 12.1. The number of aromatic nitrogens is 2. The Hall–Kier alpha value is -0.910. The van der Waals surface area contributed by atoms with Crippen LogP contribution < -0.4 is 0 Å². The van der Waals surface area contributed by atoms with Crippen LogP contribution in [0.15, 0.2) is 12.3 Å². The molecular formula is C12H20N2O3. The van der Waals surface area contributed by atoms with Crippen LogP contribution in [-0.2, 0) is 16.0 Å². The molecule has 0 aromatic carbocycles. The van der Waals surface area contributed by atoms with Crippen molar-refractivity contribution in [2.24, 2.45) is 0 Å². The third-order valence-electron chi connectivity index (χ3n) is 3.13. The predicted octanol–water partition coefficient (Wildman–Crippen LogP) is 1.13. The largest absolute Gasteiger partial charge is 0.384 e. The lowest BCUT2D eigenvalue weighted by atomic mass is 10.0. The van der Waals surface area contributed by atoms with Crippen LogP contribution in [0.3, 0.4) is 0 Å². The summed E-state index contributed by atoms with van der Waals surface area (Å²) in [5, 5.41) is 14.5. The molecule has 2 unspecified atom stereocenters. The molecule has 0 radical (unpaired) electrons. The van der Waals surface area contributed by atoms with Gasteiger partial charge in [0.2, 0.25) is 0 Å². The van der Waals surface area contributed by atoms with Crippen molar-refractivity contribution in [2.75, 3.05) is 20.3 Å². The normalized spacial score (nSPS) is 22.6. The van der Waals surface area contributed by atoms with Crippen molar-refractivity contribution in [3.63, 3.8) is 0 Å². The summed E-state index contributed by atoms with van der Waals surface area (Å²) in [6.07, 6.45) is 4.14. The molecule has 2 heterocycles. The minimum Gasteiger partial charge on any atom is -0.384 e. The first-order valence-electron chi connectivity index (χ1n) is 6.13. The minimum atomic E-state index is -0.588. The summed E-state index contributed by atoms with van der Waals surface area (Å²) in [7, 11) is 1.66. The van der Waals surface area contributed by atoms with E-state index in [0.29, 0.717) is 13.2 Å². The van der Waals surface area contributed by atoms with E-state index in [1.807, 2.05) is 6.07 Å². The summed E-state index contributed by atoms with van der Waals surface area (Å²) >= 11 is 0. The van der Waals surface area contributed by atoms with E-state index >= 15 is 0 Å². The molecule has 0 amide bonds. The molecule has 0 spiro atoms. The Labute approximate surface area is 101 Å². The molecule has 1 aromatic heterocycles. The maximum atomic E-state index is 10.3. The van der Waals surface area contributed by atoms with Gasteiger partial charge in [-0.05, 0) is 25.3 Å². The molecular weight excluding hydrogens is 220 g/mol. The number of methoxy groups -OCH3 is 1. The number of aliphatic hydroxyl groups is 1. The van der Waals surface area contributed by atoms with Gasteiger partial charge < -0.3 is 14.6 Å². The fraction of sp³-hybridized carbons (Fsp3) is 0.750. The lowest BCUT2D eigenvalue weighted by Crippen LogP contribution is -2.28. The summed E-state index contributed by atoms with van der Waals surface area (Å²) in [5.74, 6) is 0. The van der Waals surface area contributed by atoms with Crippen LogP contribution in [-0.4, -0.2) is 41.3 Å². The molecule has 1 saturated heterocycles. The Morgan fingerprint density at radius 3 is 3.24 bits per heavy atom. The Morgan fingerprint density at radius 2 is 2.53 bits per heavy atom. The average molecular weight is 240 g/mol. The first kappa shape index (κ1) is 12.5. The van der Waals surface area contributed by atoms with Gasteiger partial charge in [0.05, 0.1) is 24.9 Å². The second-order valence-electron chi connectivity index (χ2n) is 4.32. The van der Waals surface area contributed by atoms with E-state index in [-0.39, 0.29) is 6.10 Å². The molecule has 5 nitrogen and oxygen atoms in total. The molecule has 2 rings (SSSR count). The summed E-state index contributed by atoms with van der Waals surface area (Å²) in [5.41, 5.74) is 0.814. The van der Waals surface area contributed by atoms with Crippen LogP contribution in [0.25, 0.3) is 0 Å². The molecule has 1 aromatic rings. The van der Waals surface area contributed by atoms with Gasteiger partial charge in [0.15, 0.2) is 0 Å². The van der Waals surface area contributed by atoms with E-state index in [9.17, 15) is 5.11 Å². The Bertz CT molecular complexity index is 334. The monoisotopic (exact) mass is 240 g/mol. The average Bonchev–Trinajstić information content (AvgIpc) is 2.84. The first-order chi connectivity index (χ1) is 8.33. The minimum absolute atomic E-state index is 0.0956. The topological polar surface area (TPSA) is 56.5 Å². The van der Waals surface area contributed by atoms with Crippen LogP contribution in [0.2, 0.25) is 0 Å². The lowest BCUT2D eigenvalue weighted by Gasteiger charge is -2.27. The Morgan fingerprint density at radius 1 is 1.65 bits per heavy atom. The molecule has 2 atom stereocenters. The van der Waals surface area contributed by atoms with E-state index < -0.39 is 6.10 Å². The molecule has 17 heavy (non-hydrogen) atoms. The number of rotatable bonds is 5. The first-order valence-corrected chi connectivity index (χ1v) is 6.13. The number of hydrogen-bond donors (Lipinski definition) is 1. The molecule has 1 aliphatic heterocycles. The summed E-state index contributed by atoms with van der Waals surface area (Å²) in [4.78, 5) is 0. The van der Waals surface area contributed by atoms with Crippen LogP contribution in [0.1, 0.15) is 31.1 Å². The van der Waals surface area contributed by atoms with Gasteiger partial charge in [-0.1, -0.05) is 0 Å². The second-order valence-corrected chi connectivity index (χ2v) is 4.32. The maximum absolute atomic E-state index is 10.3. The van der Waals surface area contributed by atoms with Crippen LogP contribution in [0.4, 0.5) is 0 Å². The fourth-order valence-electron chi connectivity index (χ4n) is 2.16. The van der Waals surface area contributed by atoms with Crippen molar-refractivity contribution in [3.05, 3.63) is 18.0 Å². The summed E-state index contributed by atoms with van der Waals surface area (Å²) < 4.78 is 12.4. The van der Waals surface area contributed by atoms with Crippen LogP contribution in [0, 0.1) is 0 Å². The molecule has 96 valence electrons. The van der Waals surface area contributed by atoms with E-state index in [2.05, 4.69) is 5.10 Å². The van der Waals surface area contributed by atoms with Gasteiger partial charge >= 0.3 is 0 Å². The zero-order valence-corrected chi connectivity index (χ0v) is 10.2. The van der Waals surface area contributed by atoms with Crippen LogP contribution in [0.5, 0.6) is 0 Å². The quantitative estimate of drug-likeness (QED) is 0.838. The molecule has 1 aliphatic rings.